The van der Waals surface area contributed by atoms with Crippen LogP contribution in [0.4, 0.5) is 0 Å². The molecular formula is C19H29B2NO9. The van der Waals surface area contributed by atoms with Crippen LogP contribution in [0.15, 0.2) is 18.2 Å². The van der Waals surface area contributed by atoms with Crippen molar-refractivity contribution < 1.29 is 43.6 Å². The van der Waals surface area contributed by atoms with E-state index in [1.54, 1.807) is 19.1 Å². The number of hydrogen-bond acceptors (Lipinski definition) is 9. The summed E-state index contributed by atoms with van der Waals surface area (Å²) in [6.45, 7) is 4.99. The fraction of sp³-hybridized carbons (Fsp3) is 0.526. The summed E-state index contributed by atoms with van der Waals surface area (Å²) in [5.41, 5.74) is 0.783. The van der Waals surface area contributed by atoms with Crippen molar-refractivity contribution in [1.29, 1.82) is 0 Å². The van der Waals surface area contributed by atoms with Crippen LogP contribution < -0.4 is 9.97 Å². The van der Waals surface area contributed by atoms with E-state index in [1.807, 2.05) is 13.8 Å². The Bertz CT molecular complexity index is 743. The lowest BCUT2D eigenvalue weighted by atomic mass is 9.72. The molecule has 0 bridgehead atoms. The summed E-state index contributed by atoms with van der Waals surface area (Å²) in [7, 11) is -2.04. The number of carbonyl (C=O) groups excluding carboxylic acids is 3. The van der Waals surface area contributed by atoms with Crippen LogP contribution in [0.25, 0.3) is 0 Å². The van der Waals surface area contributed by atoms with Gasteiger partial charge in [0.15, 0.2) is 0 Å². The molecular weight excluding hydrogens is 408 g/mol. The highest BCUT2D eigenvalue weighted by atomic mass is 16.7. The maximum Gasteiger partial charge on any atom is 0.547 e. The molecule has 0 saturated carbocycles. The van der Waals surface area contributed by atoms with Gasteiger partial charge in [-0.2, -0.15) is 0 Å². The Labute approximate surface area is 182 Å². The first-order chi connectivity index (χ1) is 14.8. The van der Waals surface area contributed by atoms with Crippen LogP contribution >= 0.6 is 0 Å². The van der Waals surface area contributed by atoms with Crippen molar-refractivity contribution in [1.82, 2.24) is 5.32 Å². The Morgan fingerprint density at radius 3 is 2.45 bits per heavy atom. The molecule has 1 amide bonds. The van der Waals surface area contributed by atoms with E-state index in [-0.39, 0.29) is 29.6 Å². The number of amides is 1. The monoisotopic (exact) mass is 437 g/mol. The number of benzene rings is 1. The van der Waals surface area contributed by atoms with Crippen molar-refractivity contribution in [2.75, 3.05) is 6.79 Å². The number of esters is 2. The minimum atomic E-state index is -1.29. The number of ether oxygens (including phenoxy) is 2. The molecule has 1 heterocycles. The summed E-state index contributed by atoms with van der Waals surface area (Å²) >= 11 is 0. The van der Waals surface area contributed by atoms with Gasteiger partial charge in [0.05, 0.1) is 11.9 Å². The smallest absolute Gasteiger partial charge is 0.534 e. The first-order valence-electron chi connectivity index (χ1n) is 10.1. The van der Waals surface area contributed by atoms with Gasteiger partial charge in [0.25, 0.3) is 0 Å². The zero-order chi connectivity index (χ0) is 23.4. The molecule has 12 heteroatoms. The van der Waals surface area contributed by atoms with Crippen molar-refractivity contribution in [2.24, 2.45) is 5.92 Å². The van der Waals surface area contributed by atoms with E-state index in [2.05, 4.69) is 5.32 Å². The van der Waals surface area contributed by atoms with Crippen LogP contribution in [0.1, 0.15) is 56.0 Å². The minimum Gasteiger partial charge on any atom is -0.534 e. The summed E-state index contributed by atoms with van der Waals surface area (Å²) in [6.07, 6.45) is 1.90. The van der Waals surface area contributed by atoms with Gasteiger partial charge in [-0.05, 0) is 30.9 Å². The lowest BCUT2D eigenvalue weighted by Crippen LogP contribution is -2.53. The van der Waals surface area contributed by atoms with Gasteiger partial charge in [-0.15, -0.1) is 0 Å². The summed E-state index contributed by atoms with van der Waals surface area (Å²) in [6, 6.07) is 4.91. The van der Waals surface area contributed by atoms with Crippen LogP contribution in [-0.2, 0) is 25.5 Å². The van der Waals surface area contributed by atoms with Crippen molar-refractivity contribution in [3.05, 3.63) is 29.3 Å². The van der Waals surface area contributed by atoms with Crippen molar-refractivity contribution in [3.8, 4) is 5.75 Å². The molecule has 31 heavy (non-hydrogen) atoms. The van der Waals surface area contributed by atoms with Crippen LogP contribution in [0.3, 0.4) is 0 Å². The first-order valence-corrected chi connectivity index (χ1v) is 10.1. The predicted molar refractivity (Wildman–Crippen MR) is 113 cm³/mol. The molecule has 1 aromatic rings. The van der Waals surface area contributed by atoms with E-state index >= 15 is 0 Å². The molecule has 0 unspecified atom stereocenters. The molecule has 0 saturated heterocycles. The van der Waals surface area contributed by atoms with Gasteiger partial charge in [-0.3, -0.25) is 9.59 Å². The number of rotatable bonds is 8. The molecule has 0 spiro atoms. The van der Waals surface area contributed by atoms with E-state index in [4.69, 9.17) is 24.2 Å². The average Bonchev–Trinajstić information content (AvgIpc) is 2.75. The average molecular weight is 437 g/mol. The third-order valence-corrected chi connectivity index (χ3v) is 4.72. The fourth-order valence-electron chi connectivity index (χ4n) is 2.98. The van der Waals surface area contributed by atoms with Gasteiger partial charge in [-0.25, -0.2) is 4.79 Å². The van der Waals surface area contributed by atoms with Crippen LogP contribution in [-0.4, -0.2) is 60.5 Å². The quantitative estimate of drug-likeness (QED) is 0.248. The molecule has 1 aliphatic rings. The van der Waals surface area contributed by atoms with E-state index in [0.717, 1.165) is 0 Å². The Morgan fingerprint density at radius 1 is 1.23 bits per heavy atom. The second kappa shape index (κ2) is 13.7. The highest BCUT2D eigenvalue weighted by Gasteiger charge is 2.37. The molecule has 0 aromatic heterocycles. The lowest BCUT2D eigenvalue weighted by molar-refractivity contribution is -0.157. The Hall–Kier alpha value is -2.56. The molecule has 0 aliphatic carbocycles. The molecule has 0 radical (unpaired) electrons. The van der Waals surface area contributed by atoms with Crippen molar-refractivity contribution in [2.45, 2.75) is 52.4 Å². The lowest BCUT2D eigenvalue weighted by Gasteiger charge is -2.29. The van der Waals surface area contributed by atoms with E-state index in [9.17, 15) is 19.4 Å². The van der Waals surface area contributed by atoms with Crippen LogP contribution in [0, 0.1) is 5.92 Å². The normalized spacial score (nSPS) is 14.4. The van der Waals surface area contributed by atoms with Gasteiger partial charge in [0, 0.05) is 6.42 Å². The molecule has 1 aromatic carbocycles. The Morgan fingerprint density at radius 2 is 1.87 bits per heavy atom. The van der Waals surface area contributed by atoms with Crippen LogP contribution in [0.5, 0.6) is 5.75 Å². The van der Waals surface area contributed by atoms with E-state index in [1.165, 1.54) is 6.07 Å². The van der Waals surface area contributed by atoms with E-state index in [0.29, 0.717) is 24.8 Å². The number of para-hydroxylation sites is 1. The predicted octanol–water partition coefficient (Wildman–Crippen LogP) is -0.133. The maximum atomic E-state index is 12.4. The van der Waals surface area contributed by atoms with Gasteiger partial charge < -0.3 is 34.5 Å². The van der Waals surface area contributed by atoms with Gasteiger partial charge in [-0.1, -0.05) is 32.9 Å². The molecule has 2 rings (SSSR count). The third-order valence-electron chi connectivity index (χ3n) is 4.72. The Kier molecular flexibility index (Phi) is 11.7. The number of nitrogens with one attached hydrogen (secondary N) is 1. The molecule has 170 valence electrons. The largest absolute Gasteiger partial charge is 0.547 e. The van der Waals surface area contributed by atoms with Gasteiger partial charge in [0.1, 0.15) is 11.3 Å². The topological polar surface area (TPSA) is 152 Å². The SMILES string of the molecule is CCC(=O)N[C@H]1Cc2cccc(C(=O)OCOC(=O)C(CC)CC)c2OB1O.OBO. The van der Waals surface area contributed by atoms with Gasteiger partial charge >= 0.3 is 26.7 Å². The molecule has 1 atom stereocenters. The van der Waals surface area contributed by atoms with Gasteiger partial charge in [0.2, 0.25) is 12.7 Å². The summed E-state index contributed by atoms with van der Waals surface area (Å²) in [4.78, 5) is 35.8. The molecule has 10 nitrogen and oxygen atoms in total. The van der Waals surface area contributed by atoms with Crippen LogP contribution in [0.2, 0.25) is 0 Å². The minimum absolute atomic E-state index is 0.121. The highest BCUT2D eigenvalue weighted by molar-refractivity contribution is 6.47. The maximum absolute atomic E-state index is 12.4. The molecule has 4 N–H and O–H groups in total. The molecule has 1 aliphatic heterocycles. The fourth-order valence-corrected chi connectivity index (χ4v) is 2.98. The second-order valence-corrected chi connectivity index (χ2v) is 6.70. The second-order valence-electron chi connectivity index (χ2n) is 6.70. The number of carbonyl (C=O) groups is 3. The van der Waals surface area contributed by atoms with Crippen molar-refractivity contribution in [3.63, 3.8) is 0 Å². The van der Waals surface area contributed by atoms with E-state index < -0.39 is 39.5 Å². The summed E-state index contributed by atoms with van der Waals surface area (Å²) in [5.74, 6) is -1.96. The summed E-state index contributed by atoms with van der Waals surface area (Å²) in [5, 5.41) is 27.1. The zero-order valence-corrected chi connectivity index (χ0v) is 18.0. The highest BCUT2D eigenvalue weighted by Crippen LogP contribution is 2.30. The third kappa shape index (κ3) is 7.89. The zero-order valence-electron chi connectivity index (χ0n) is 18.0. The number of hydrogen-bond donors (Lipinski definition) is 4. The Balaban J connectivity index is 0.00000151. The first kappa shape index (κ1) is 26.5. The molecule has 0 fully saturated rings. The number of fused-ring (bicyclic) bond motifs is 1. The standard InChI is InChI=1S/C19H26BNO7.BH3O2/c1-4-12(5-2)18(23)26-11-27-19(24)14-9-7-8-13-10-15(21-16(22)6-3)20(25)28-17(13)14;2-1-3/h7-9,12,15,25H,4-6,10-11H2,1-3H3,(H,21,22);1-3H/t15-;/m0./s1. The summed E-state index contributed by atoms with van der Waals surface area (Å²) < 4.78 is 15.5. The van der Waals surface area contributed by atoms with Crippen molar-refractivity contribution >= 4 is 32.6 Å².